The Hall–Kier alpha value is -3.74. The van der Waals surface area contributed by atoms with Crippen molar-refractivity contribution in [2.24, 2.45) is 0 Å². The minimum absolute atomic E-state index is 0.177. The molecule has 0 saturated carbocycles. The van der Waals surface area contributed by atoms with E-state index in [1.807, 2.05) is 18.2 Å². The van der Waals surface area contributed by atoms with Crippen LogP contribution in [-0.4, -0.2) is 15.8 Å². The summed E-state index contributed by atoms with van der Waals surface area (Å²) in [6, 6.07) is 18.5. The number of pyridine rings is 1. The van der Waals surface area contributed by atoms with E-state index in [0.29, 0.717) is 11.5 Å². The van der Waals surface area contributed by atoms with Crippen LogP contribution in [0.25, 0.3) is 0 Å². The molecule has 0 spiro atoms. The molecule has 124 valence electrons. The Labute approximate surface area is 143 Å². The number of carbonyl (C=O) groups is 1. The number of rotatable bonds is 5. The van der Waals surface area contributed by atoms with Gasteiger partial charge in [0.25, 0.3) is 11.6 Å². The monoisotopic (exact) mass is 334 g/mol. The number of hydrogen-bond acceptors (Lipinski definition) is 5. The third-order valence-electron chi connectivity index (χ3n) is 3.42. The fourth-order valence-electron chi connectivity index (χ4n) is 2.23. The molecule has 7 heteroatoms. The lowest BCUT2D eigenvalue weighted by molar-refractivity contribution is -0.383. The van der Waals surface area contributed by atoms with Crippen molar-refractivity contribution in [1.29, 1.82) is 0 Å². The van der Waals surface area contributed by atoms with Gasteiger partial charge in [-0.2, -0.15) is 0 Å². The first-order chi connectivity index (χ1) is 12.1. The first kappa shape index (κ1) is 16.1. The lowest BCUT2D eigenvalue weighted by Gasteiger charge is -2.09. The summed E-state index contributed by atoms with van der Waals surface area (Å²) in [5.41, 5.74) is 1.02. The maximum absolute atomic E-state index is 12.3. The molecule has 0 atom stereocenters. The number of para-hydroxylation sites is 1. The third-order valence-corrected chi connectivity index (χ3v) is 3.42. The van der Waals surface area contributed by atoms with E-state index < -0.39 is 10.8 Å². The molecule has 2 N–H and O–H groups in total. The molecule has 0 aliphatic carbocycles. The van der Waals surface area contributed by atoms with E-state index >= 15 is 0 Å². The molecule has 7 nitrogen and oxygen atoms in total. The van der Waals surface area contributed by atoms with Gasteiger partial charge in [0, 0.05) is 23.5 Å². The highest BCUT2D eigenvalue weighted by molar-refractivity contribution is 6.04. The second-order valence-electron chi connectivity index (χ2n) is 5.15. The normalized spacial score (nSPS) is 10.1. The topological polar surface area (TPSA) is 97.2 Å². The predicted octanol–water partition coefficient (Wildman–Crippen LogP) is 3.99. The first-order valence-corrected chi connectivity index (χ1v) is 7.46. The van der Waals surface area contributed by atoms with Crippen molar-refractivity contribution in [2.45, 2.75) is 0 Å². The molecule has 25 heavy (non-hydrogen) atoms. The van der Waals surface area contributed by atoms with Gasteiger partial charge < -0.3 is 10.6 Å². The molecule has 3 aromatic rings. The van der Waals surface area contributed by atoms with Crippen molar-refractivity contribution in [3.8, 4) is 0 Å². The maximum Gasteiger partial charge on any atom is 0.293 e. The van der Waals surface area contributed by atoms with E-state index in [4.69, 9.17) is 0 Å². The molecule has 0 aliphatic rings. The molecule has 0 radical (unpaired) electrons. The molecule has 0 saturated heterocycles. The largest absolute Gasteiger partial charge is 0.350 e. The Balaban J connectivity index is 1.86. The molecule has 0 aliphatic heterocycles. The SMILES string of the molecule is O=C(Nc1ccccn1)c1ccc(Nc2ccccc2)c([N+](=O)[O-])c1. The molecule has 0 bridgehead atoms. The highest BCUT2D eigenvalue weighted by Gasteiger charge is 2.18. The average molecular weight is 334 g/mol. The highest BCUT2D eigenvalue weighted by Crippen LogP contribution is 2.28. The van der Waals surface area contributed by atoms with Crippen molar-refractivity contribution in [1.82, 2.24) is 4.98 Å². The Morgan fingerprint density at radius 1 is 1.00 bits per heavy atom. The number of nitro groups is 1. The van der Waals surface area contributed by atoms with Crippen LogP contribution in [-0.2, 0) is 0 Å². The number of amides is 1. The summed E-state index contributed by atoms with van der Waals surface area (Å²) in [4.78, 5) is 27.1. The minimum Gasteiger partial charge on any atom is -0.350 e. The van der Waals surface area contributed by atoms with E-state index in [-0.39, 0.29) is 11.3 Å². The van der Waals surface area contributed by atoms with Crippen LogP contribution in [0.4, 0.5) is 22.9 Å². The van der Waals surface area contributed by atoms with Gasteiger partial charge in [-0.1, -0.05) is 24.3 Å². The Morgan fingerprint density at radius 3 is 2.44 bits per heavy atom. The second-order valence-corrected chi connectivity index (χ2v) is 5.15. The fourth-order valence-corrected chi connectivity index (χ4v) is 2.23. The van der Waals surface area contributed by atoms with E-state index in [1.165, 1.54) is 18.2 Å². The number of nitro benzene ring substituents is 1. The molecule has 1 amide bonds. The van der Waals surface area contributed by atoms with Gasteiger partial charge in [0.05, 0.1) is 4.92 Å². The van der Waals surface area contributed by atoms with Gasteiger partial charge in [0.1, 0.15) is 11.5 Å². The zero-order valence-corrected chi connectivity index (χ0v) is 13.0. The zero-order valence-electron chi connectivity index (χ0n) is 13.0. The quantitative estimate of drug-likeness (QED) is 0.543. The summed E-state index contributed by atoms with van der Waals surface area (Å²) in [6.07, 6.45) is 1.55. The fraction of sp³-hybridized carbons (Fsp3) is 0. The van der Waals surface area contributed by atoms with E-state index in [2.05, 4.69) is 15.6 Å². The summed E-state index contributed by atoms with van der Waals surface area (Å²) in [5.74, 6) is -0.0882. The molecule has 0 unspecified atom stereocenters. The van der Waals surface area contributed by atoms with Crippen molar-refractivity contribution in [3.05, 3.63) is 88.6 Å². The van der Waals surface area contributed by atoms with Gasteiger partial charge in [-0.05, 0) is 36.4 Å². The van der Waals surface area contributed by atoms with Crippen LogP contribution >= 0.6 is 0 Å². The zero-order chi connectivity index (χ0) is 17.6. The predicted molar refractivity (Wildman–Crippen MR) is 95.0 cm³/mol. The summed E-state index contributed by atoms with van der Waals surface area (Å²) in [5, 5.41) is 17.0. The summed E-state index contributed by atoms with van der Waals surface area (Å²) in [7, 11) is 0. The molecular formula is C18H14N4O3. The van der Waals surface area contributed by atoms with Crippen LogP contribution < -0.4 is 10.6 Å². The number of nitrogens with zero attached hydrogens (tertiary/aromatic N) is 2. The molecule has 0 fully saturated rings. The van der Waals surface area contributed by atoms with Gasteiger partial charge in [-0.15, -0.1) is 0 Å². The molecule has 1 heterocycles. The van der Waals surface area contributed by atoms with Crippen molar-refractivity contribution in [3.63, 3.8) is 0 Å². The molecule has 2 aromatic carbocycles. The number of benzene rings is 2. The van der Waals surface area contributed by atoms with E-state index in [1.54, 1.807) is 36.5 Å². The standard InChI is InChI=1S/C18H14N4O3/c23-18(21-17-8-4-5-11-19-17)13-9-10-15(16(12-13)22(24)25)20-14-6-2-1-3-7-14/h1-12,20H,(H,19,21,23). The lowest BCUT2D eigenvalue weighted by Crippen LogP contribution is -2.13. The average Bonchev–Trinajstić information content (AvgIpc) is 2.63. The first-order valence-electron chi connectivity index (χ1n) is 7.46. The van der Waals surface area contributed by atoms with E-state index in [9.17, 15) is 14.9 Å². The summed E-state index contributed by atoms with van der Waals surface area (Å²) < 4.78 is 0. The number of nitrogens with one attached hydrogen (secondary N) is 2. The summed E-state index contributed by atoms with van der Waals surface area (Å²) >= 11 is 0. The van der Waals surface area contributed by atoms with Crippen LogP contribution in [0.15, 0.2) is 72.9 Å². The van der Waals surface area contributed by atoms with Gasteiger partial charge >= 0.3 is 0 Å². The van der Waals surface area contributed by atoms with E-state index in [0.717, 1.165) is 5.69 Å². The van der Waals surface area contributed by atoms with Crippen molar-refractivity contribution < 1.29 is 9.72 Å². The maximum atomic E-state index is 12.3. The molecule has 3 rings (SSSR count). The van der Waals surface area contributed by atoms with Crippen molar-refractivity contribution >= 4 is 28.8 Å². The van der Waals surface area contributed by atoms with Crippen LogP contribution in [0.1, 0.15) is 10.4 Å². The Morgan fingerprint density at radius 2 is 1.76 bits per heavy atom. The number of carbonyl (C=O) groups excluding carboxylic acids is 1. The van der Waals surface area contributed by atoms with Crippen LogP contribution in [0, 0.1) is 10.1 Å². The Bertz CT molecular complexity index is 899. The minimum atomic E-state index is -0.525. The van der Waals surface area contributed by atoms with Crippen LogP contribution in [0.2, 0.25) is 0 Å². The number of anilines is 3. The van der Waals surface area contributed by atoms with Gasteiger partial charge in [-0.3, -0.25) is 14.9 Å². The van der Waals surface area contributed by atoms with Crippen molar-refractivity contribution in [2.75, 3.05) is 10.6 Å². The smallest absolute Gasteiger partial charge is 0.293 e. The number of aromatic nitrogens is 1. The number of hydrogen-bond donors (Lipinski definition) is 2. The lowest BCUT2D eigenvalue weighted by atomic mass is 10.1. The Kier molecular flexibility index (Phi) is 4.66. The molecular weight excluding hydrogens is 320 g/mol. The molecule has 1 aromatic heterocycles. The van der Waals surface area contributed by atoms with Gasteiger partial charge in [0.2, 0.25) is 0 Å². The van der Waals surface area contributed by atoms with Crippen LogP contribution in [0.3, 0.4) is 0 Å². The second kappa shape index (κ2) is 7.22. The van der Waals surface area contributed by atoms with Gasteiger partial charge in [0.15, 0.2) is 0 Å². The van der Waals surface area contributed by atoms with Gasteiger partial charge in [-0.25, -0.2) is 4.98 Å². The van der Waals surface area contributed by atoms with Crippen LogP contribution in [0.5, 0.6) is 0 Å². The third kappa shape index (κ3) is 3.97. The highest BCUT2D eigenvalue weighted by atomic mass is 16.6. The summed E-state index contributed by atoms with van der Waals surface area (Å²) in [6.45, 7) is 0.